The second kappa shape index (κ2) is 5.77. The zero-order chi connectivity index (χ0) is 13.9. The number of hydrogen-bond acceptors (Lipinski definition) is 4. The Bertz CT molecular complexity index is 325. The molecule has 1 aliphatic carbocycles. The highest BCUT2D eigenvalue weighted by Crippen LogP contribution is 2.58. The summed E-state index contributed by atoms with van der Waals surface area (Å²) in [6.07, 6.45) is 3.75. The van der Waals surface area contributed by atoms with Gasteiger partial charge in [-0.05, 0) is 44.7 Å². The van der Waals surface area contributed by atoms with E-state index in [1.54, 1.807) is 14.0 Å². The van der Waals surface area contributed by atoms with Crippen molar-refractivity contribution in [3.8, 4) is 0 Å². The van der Waals surface area contributed by atoms with Crippen LogP contribution < -0.4 is 10.6 Å². The van der Waals surface area contributed by atoms with Crippen LogP contribution >= 0.6 is 0 Å². The molecule has 1 saturated carbocycles. The number of methoxy groups -OCH3 is 1. The monoisotopic (exact) mass is 270 g/mol. The highest BCUT2D eigenvalue weighted by Gasteiger charge is 2.57. The van der Waals surface area contributed by atoms with E-state index in [0.717, 1.165) is 32.4 Å². The second-order valence-electron chi connectivity index (χ2n) is 6.33. The van der Waals surface area contributed by atoms with Gasteiger partial charge in [0.1, 0.15) is 0 Å². The van der Waals surface area contributed by atoms with Crippen LogP contribution in [0.5, 0.6) is 0 Å². The Balaban J connectivity index is 1.73. The van der Waals surface area contributed by atoms with Crippen molar-refractivity contribution in [3.63, 3.8) is 0 Å². The molecule has 5 nitrogen and oxygen atoms in total. The Labute approximate surface area is 115 Å². The van der Waals surface area contributed by atoms with E-state index in [0.29, 0.717) is 19.6 Å². The van der Waals surface area contributed by atoms with Gasteiger partial charge in [-0.3, -0.25) is 4.79 Å². The Morgan fingerprint density at radius 2 is 2.21 bits per heavy atom. The summed E-state index contributed by atoms with van der Waals surface area (Å²) in [5.41, 5.74) is -0.629. The third-order valence-corrected chi connectivity index (χ3v) is 4.59. The zero-order valence-electron chi connectivity index (χ0n) is 12.0. The lowest BCUT2D eigenvalue weighted by molar-refractivity contribution is -0.124. The molecule has 2 rings (SSSR count). The van der Waals surface area contributed by atoms with Crippen LogP contribution in [-0.4, -0.2) is 50.0 Å². The van der Waals surface area contributed by atoms with E-state index in [2.05, 4.69) is 10.6 Å². The summed E-state index contributed by atoms with van der Waals surface area (Å²) in [7, 11) is 1.61. The molecular formula is C14H26N2O3. The molecule has 0 bridgehead atoms. The number of nitrogens with one attached hydrogen (secondary N) is 2. The summed E-state index contributed by atoms with van der Waals surface area (Å²) in [6, 6.07) is 0. The number of aliphatic hydroxyl groups is 1. The van der Waals surface area contributed by atoms with Gasteiger partial charge in [-0.1, -0.05) is 0 Å². The number of rotatable bonds is 6. The van der Waals surface area contributed by atoms with Gasteiger partial charge in [0.2, 0.25) is 5.91 Å². The Morgan fingerprint density at radius 1 is 1.53 bits per heavy atom. The van der Waals surface area contributed by atoms with E-state index in [9.17, 15) is 9.90 Å². The number of carbonyl (C=O) groups is 1. The van der Waals surface area contributed by atoms with Gasteiger partial charge in [0, 0.05) is 32.6 Å². The molecular weight excluding hydrogens is 244 g/mol. The Kier molecular flexibility index (Phi) is 4.48. The number of ether oxygens (including phenoxy) is 1. The molecule has 2 unspecified atom stereocenters. The van der Waals surface area contributed by atoms with E-state index in [-0.39, 0.29) is 17.2 Å². The number of carbonyl (C=O) groups excluding carboxylic acids is 1. The topological polar surface area (TPSA) is 70.6 Å². The van der Waals surface area contributed by atoms with Crippen LogP contribution in [0.1, 0.15) is 32.6 Å². The van der Waals surface area contributed by atoms with Gasteiger partial charge < -0.3 is 20.5 Å². The molecule has 1 amide bonds. The summed E-state index contributed by atoms with van der Waals surface area (Å²) in [4.78, 5) is 12.1. The molecule has 0 radical (unpaired) electrons. The summed E-state index contributed by atoms with van der Waals surface area (Å²) >= 11 is 0. The molecule has 5 heteroatoms. The standard InChI is InChI=1S/C14H26N2O3/c1-13(18,5-8-19-2)10-16-12(17)11-9-14(11)3-6-15-7-4-14/h11,15,18H,3-10H2,1-2H3,(H,16,17). The predicted octanol–water partition coefficient (Wildman–Crippen LogP) is 0.280. The van der Waals surface area contributed by atoms with Crippen molar-refractivity contribution in [1.82, 2.24) is 10.6 Å². The first-order chi connectivity index (χ1) is 8.99. The zero-order valence-corrected chi connectivity index (χ0v) is 12.0. The van der Waals surface area contributed by atoms with Crippen molar-refractivity contribution in [2.45, 2.75) is 38.2 Å². The molecule has 19 heavy (non-hydrogen) atoms. The SMILES string of the molecule is COCCC(C)(O)CNC(=O)C1CC12CCNCC2. The number of piperidine rings is 1. The molecule has 0 aromatic carbocycles. The third kappa shape index (κ3) is 3.68. The van der Waals surface area contributed by atoms with Crippen LogP contribution in [-0.2, 0) is 9.53 Å². The summed E-state index contributed by atoms with van der Waals surface area (Å²) < 4.78 is 4.95. The molecule has 0 aromatic rings. The van der Waals surface area contributed by atoms with E-state index in [1.165, 1.54) is 0 Å². The van der Waals surface area contributed by atoms with Gasteiger partial charge in [-0.2, -0.15) is 0 Å². The van der Waals surface area contributed by atoms with Crippen LogP contribution in [0.4, 0.5) is 0 Å². The van der Waals surface area contributed by atoms with E-state index < -0.39 is 5.60 Å². The van der Waals surface area contributed by atoms with Crippen LogP contribution in [0, 0.1) is 11.3 Å². The van der Waals surface area contributed by atoms with Crippen molar-refractivity contribution in [1.29, 1.82) is 0 Å². The first kappa shape index (κ1) is 14.8. The molecule has 2 aliphatic rings. The summed E-state index contributed by atoms with van der Waals surface area (Å²) in [6.45, 7) is 4.59. The normalized spacial score (nSPS) is 27.8. The predicted molar refractivity (Wildman–Crippen MR) is 72.8 cm³/mol. The molecule has 0 aromatic heterocycles. The minimum absolute atomic E-state index is 0.111. The number of amides is 1. The van der Waals surface area contributed by atoms with Crippen LogP contribution in [0.15, 0.2) is 0 Å². The largest absolute Gasteiger partial charge is 0.388 e. The van der Waals surface area contributed by atoms with Gasteiger partial charge in [0.05, 0.1) is 5.60 Å². The lowest BCUT2D eigenvalue weighted by atomic mass is 9.91. The third-order valence-electron chi connectivity index (χ3n) is 4.59. The summed E-state index contributed by atoms with van der Waals surface area (Å²) in [5.74, 6) is 0.271. The van der Waals surface area contributed by atoms with E-state index >= 15 is 0 Å². The van der Waals surface area contributed by atoms with Gasteiger partial charge in [0.25, 0.3) is 0 Å². The van der Waals surface area contributed by atoms with Gasteiger partial charge in [-0.15, -0.1) is 0 Å². The fourth-order valence-electron chi connectivity index (χ4n) is 3.01. The minimum atomic E-state index is -0.887. The molecule has 3 N–H and O–H groups in total. The van der Waals surface area contributed by atoms with Crippen molar-refractivity contribution >= 4 is 5.91 Å². The fourth-order valence-corrected chi connectivity index (χ4v) is 3.01. The van der Waals surface area contributed by atoms with Gasteiger partial charge in [-0.25, -0.2) is 0 Å². The summed E-state index contributed by atoms with van der Waals surface area (Å²) in [5, 5.41) is 16.3. The maximum Gasteiger partial charge on any atom is 0.223 e. The maximum atomic E-state index is 12.1. The maximum absolute atomic E-state index is 12.1. The average Bonchev–Trinajstić information content (AvgIpc) is 3.08. The average molecular weight is 270 g/mol. The van der Waals surface area contributed by atoms with E-state index in [4.69, 9.17) is 4.74 Å². The van der Waals surface area contributed by atoms with E-state index in [1.807, 2.05) is 0 Å². The molecule has 1 heterocycles. The fraction of sp³-hybridized carbons (Fsp3) is 0.929. The van der Waals surface area contributed by atoms with Crippen molar-refractivity contribution in [2.24, 2.45) is 11.3 Å². The lowest BCUT2D eigenvalue weighted by Crippen LogP contribution is -2.43. The Morgan fingerprint density at radius 3 is 2.84 bits per heavy atom. The second-order valence-corrected chi connectivity index (χ2v) is 6.33. The van der Waals surface area contributed by atoms with Gasteiger partial charge in [0.15, 0.2) is 0 Å². The molecule has 110 valence electrons. The quantitative estimate of drug-likeness (QED) is 0.648. The first-order valence-corrected chi connectivity index (χ1v) is 7.19. The number of hydrogen-bond donors (Lipinski definition) is 3. The van der Waals surface area contributed by atoms with Crippen LogP contribution in [0.25, 0.3) is 0 Å². The molecule has 1 aliphatic heterocycles. The van der Waals surface area contributed by atoms with Crippen LogP contribution in [0.3, 0.4) is 0 Å². The highest BCUT2D eigenvalue weighted by atomic mass is 16.5. The van der Waals surface area contributed by atoms with Crippen molar-refractivity contribution in [2.75, 3.05) is 33.4 Å². The van der Waals surface area contributed by atoms with Crippen LogP contribution in [0.2, 0.25) is 0 Å². The molecule has 2 atom stereocenters. The van der Waals surface area contributed by atoms with Gasteiger partial charge >= 0.3 is 0 Å². The highest BCUT2D eigenvalue weighted by molar-refractivity contribution is 5.82. The minimum Gasteiger partial charge on any atom is -0.388 e. The molecule has 1 saturated heterocycles. The molecule has 1 spiro atoms. The Hall–Kier alpha value is -0.650. The smallest absolute Gasteiger partial charge is 0.223 e. The molecule has 2 fully saturated rings. The van der Waals surface area contributed by atoms with Crippen molar-refractivity contribution in [3.05, 3.63) is 0 Å². The lowest BCUT2D eigenvalue weighted by Gasteiger charge is -2.25. The van der Waals surface area contributed by atoms with Crippen molar-refractivity contribution < 1.29 is 14.6 Å². The first-order valence-electron chi connectivity index (χ1n) is 7.19.